The summed E-state index contributed by atoms with van der Waals surface area (Å²) in [5.41, 5.74) is 1.22. The van der Waals surface area contributed by atoms with Crippen molar-refractivity contribution < 1.29 is 10.4 Å². The first-order valence-electron chi connectivity index (χ1n) is 4.17. The zero-order valence-electron chi connectivity index (χ0n) is 7.11. The molecule has 1 unspecified atom stereocenters. The Morgan fingerprint density at radius 2 is 2.00 bits per heavy atom. The van der Waals surface area contributed by atoms with Gasteiger partial charge in [0.2, 0.25) is 0 Å². The van der Waals surface area contributed by atoms with Crippen molar-refractivity contribution in [2.75, 3.05) is 6.61 Å². The first-order valence-corrected chi connectivity index (χ1v) is 4.17. The van der Waals surface area contributed by atoms with E-state index < -0.39 is 0 Å². The molecule has 66 valence electrons. The smallest absolute Gasteiger partial charge is 0.0898 e. The number of nitrogens with two attached hydrogens (primary N) is 1. The molecule has 0 aliphatic heterocycles. The molecular weight excluding hydrogens is 150 g/mol. The van der Waals surface area contributed by atoms with Gasteiger partial charge in [-0.3, -0.25) is 0 Å². The van der Waals surface area contributed by atoms with Crippen LogP contribution in [0.3, 0.4) is 0 Å². The van der Waals surface area contributed by atoms with Crippen molar-refractivity contribution >= 4 is 0 Å². The third-order valence-corrected chi connectivity index (χ3v) is 1.95. The van der Waals surface area contributed by atoms with Crippen molar-refractivity contribution in [3.8, 4) is 0 Å². The molecule has 2 nitrogen and oxygen atoms in total. The Hall–Kier alpha value is -0.860. The molecule has 0 aliphatic rings. The van der Waals surface area contributed by atoms with Crippen LogP contribution >= 0.6 is 0 Å². The highest BCUT2D eigenvalue weighted by molar-refractivity contribution is 5.16. The minimum absolute atomic E-state index is 0.214. The highest BCUT2D eigenvalue weighted by atomic mass is 16.3. The second-order valence-electron chi connectivity index (χ2n) is 2.77. The molecule has 0 spiro atoms. The van der Waals surface area contributed by atoms with Crippen LogP contribution in [0.2, 0.25) is 0 Å². The van der Waals surface area contributed by atoms with Crippen LogP contribution in [0.5, 0.6) is 0 Å². The zero-order chi connectivity index (χ0) is 8.81. The van der Waals surface area contributed by atoms with Crippen molar-refractivity contribution in [2.24, 2.45) is 0 Å². The van der Waals surface area contributed by atoms with Crippen molar-refractivity contribution in [2.45, 2.75) is 12.5 Å². The monoisotopic (exact) mass is 165 g/mol. The number of aliphatic hydroxyl groups excluding tert-OH is 1. The lowest BCUT2D eigenvalue weighted by Gasteiger charge is -2.15. The molecule has 2 heteroatoms. The van der Waals surface area contributed by atoms with Gasteiger partial charge < -0.3 is 10.4 Å². The van der Waals surface area contributed by atoms with Crippen LogP contribution in [0.25, 0.3) is 0 Å². The lowest BCUT2D eigenvalue weighted by molar-refractivity contribution is -0.641. The van der Waals surface area contributed by atoms with Crippen LogP contribution in [-0.4, -0.2) is 11.7 Å². The van der Waals surface area contributed by atoms with Crippen LogP contribution in [-0.2, 0) is 0 Å². The van der Waals surface area contributed by atoms with Crippen molar-refractivity contribution in [1.82, 2.24) is 0 Å². The molecule has 0 radical (unpaired) electrons. The predicted octanol–water partition coefficient (Wildman–Crippen LogP) is 0.465. The third kappa shape index (κ3) is 2.32. The van der Waals surface area contributed by atoms with E-state index in [9.17, 15) is 0 Å². The van der Waals surface area contributed by atoms with Crippen LogP contribution in [0.15, 0.2) is 30.3 Å². The second-order valence-corrected chi connectivity index (χ2v) is 2.77. The summed E-state index contributed by atoms with van der Waals surface area (Å²) < 4.78 is 0. The first kappa shape index (κ1) is 9.23. The summed E-state index contributed by atoms with van der Waals surface area (Å²) in [7, 11) is 3.74. The molecule has 0 saturated carbocycles. The molecule has 0 fully saturated rings. The number of benzene rings is 1. The fourth-order valence-corrected chi connectivity index (χ4v) is 1.26. The molecular formula is C10H15NO. The molecule has 1 atom stereocenters. The van der Waals surface area contributed by atoms with Gasteiger partial charge in [0.05, 0.1) is 6.04 Å². The van der Waals surface area contributed by atoms with Gasteiger partial charge in [-0.15, -0.1) is 0 Å². The Bertz CT molecular complexity index is 210. The van der Waals surface area contributed by atoms with E-state index in [1.165, 1.54) is 5.56 Å². The molecule has 1 aromatic rings. The molecule has 3 N–H and O–H groups in total. The second kappa shape index (κ2) is 4.91. The average Bonchev–Trinajstić information content (AvgIpc) is 2.15. The molecule has 0 aliphatic carbocycles. The summed E-state index contributed by atoms with van der Waals surface area (Å²) in [5.74, 6) is 0. The Kier molecular flexibility index (Phi) is 3.77. The SMILES string of the molecule is [CH2-][NH2+]C(CCO)c1ccccc1. The predicted molar refractivity (Wildman–Crippen MR) is 48.2 cm³/mol. The van der Waals surface area contributed by atoms with Gasteiger partial charge in [-0.05, 0) is 0 Å². The Morgan fingerprint density at radius 3 is 2.50 bits per heavy atom. The number of rotatable bonds is 4. The maximum Gasteiger partial charge on any atom is 0.0898 e. The molecule has 0 bridgehead atoms. The van der Waals surface area contributed by atoms with E-state index in [4.69, 9.17) is 5.11 Å². The average molecular weight is 165 g/mol. The lowest BCUT2D eigenvalue weighted by atomic mass is 10.0. The van der Waals surface area contributed by atoms with Gasteiger partial charge in [0.15, 0.2) is 0 Å². The zero-order valence-corrected chi connectivity index (χ0v) is 7.11. The van der Waals surface area contributed by atoms with Gasteiger partial charge in [-0.1, -0.05) is 30.3 Å². The van der Waals surface area contributed by atoms with Gasteiger partial charge in [-0.2, -0.15) is 7.05 Å². The Labute approximate surface area is 73.2 Å². The van der Waals surface area contributed by atoms with Crippen LogP contribution in [0, 0.1) is 7.05 Å². The fourth-order valence-electron chi connectivity index (χ4n) is 1.26. The van der Waals surface area contributed by atoms with E-state index in [1.54, 1.807) is 0 Å². The van der Waals surface area contributed by atoms with Crippen LogP contribution in [0.1, 0.15) is 18.0 Å². The van der Waals surface area contributed by atoms with Crippen LogP contribution in [0.4, 0.5) is 0 Å². The lowest BCUT2D eigenvalue weighted by Crippen LogP contribution is -2.78. The van der Waals surface area contributed by atoms with E-state index in [2.05, 4.69) is 19.2 Å². The molecule has 0 saturated heterocycles. The first-order chi connectivity index (χ1) is 5.88. The topological polar surface area (TPSA) is 36.8 Å². The summed E-state index contributed by atoms with van der Waals surface area (Å²) in [4.78, 5) is 0. The Morgan fingerprint density at radius 1 is 1.33 bits per heavy atom. The Balaban J connectivity index is 2.66. The molecule has 0 amide bonds. The quantitative estimate of drug-likeness (QED) is 0.625. The minimum Gasteiger partial charge on any atom is -0.473 e. The molecule has 0 aromatic heterocycles. The maximum atomic E-state index is 8.78. The maximum absolute atomic E-state index is 8.78. The fraction of sp³-hybridized carbons (Fsp3) is 0.300. The van der Waals surface area contributed by atoms with Gasteiger partial charge >= 0.3 is 0 Å². The highest BCUT2D eigenvalue weighted by Gasteiger charge is 2.07. The largest absolute Gasteiger partial charge is 0.473 e. The van der Waals surface area contributed by atoms with Crippen LogP contribution < -0.4 is 5.32 Å². The van der Waals surface area contributed by atoms with Gasteiger partial charge in [0.25, 0.3) is 0 Å². The normalized spacial score (nSPS) is 12.8. The van der Waals surface area contributed by atoms with Crippen molar-refractivity contribution in [1.29, 1.82) is 0 Å². The van der Waals surface area contributed by atoms with E-state index in [-0.39, 0.29) is 12.6 Å². The molecule has 1 aromatic carbocycles. The van der Waals surface area contributed by atoms with E-state index in [0.29, 0.717) is 0 Å². The number of hydrogen-bond acceptors (Lipinski definition) is 1. The van der Waals surface area contributed by atoms with Crippen molar-refractivity contribution in [3.63, 3.8) is 0 Å². The van der Waals surface area contributed by atoms with E-state index >= 15 is 0 Å². The molecule has 1 rings (SSSR count). The molecule has 0 heterocycles. The number of hydrogen-bond donors (Lipinski definition) is 2. The van der Waals surface area contributed by atoms with Gasteiger partial charge in [-0.25, -0.2) is 0 Å². The van der Waals surface area contributed by atoms with Crippen molar-refractivity contribution in [3.05, 3.63) is 42.9 Å². The van der Waals surface area contributed by atoms with Gasteiger partial charge in [0, 0.05) is 18.6 Å². The third-order valence-electron chi connectivity index (χ3n) is 1.95. The highest BCUT2D eigenvalue weighted by Crippen LogP contribution is 2.10. The van der Waals surface area contributed by atoms with E-state index in [1.807, 2.05) is 23.5 Å². The number of aliphatic hydroxyl groups is 1. The number of quaternary nitrogens is 1. The van der Waals surface area contributed by atoms with Gasteiger partial charge in [0.1, 0.15) is 0 Å². The standard InChI is InChI=1S/C10H15NO/c1-11-10(7-8-12)9-5-3-2-4-6-9/h2-6,10,12H,1,7-8,11H2. The molecule has 12 heavy (non-hydrogen) atoms. The summed E-state index contributed by atoms with van der Waals surface area (Å²) in [6.45, 7) is 0.214. The summed E-state index contributed by atoms with van der Waals surface area (Å²) in [6.07, 6.45) is 0.757. The minimum atomic E-state index is 0.214. The summed E-state index contributed by atoms with van der Waals surface area (Å²) in [6, 6.07) is 10.4. The summed E-state index contributed by atoms with van der Waals surface area (Å²) >= 11 is 0. The van der Waals surface area contributed by atoms with E-state index in [0.717, 1.165) is 6.42 Å². The summed E-state index contributed by atoms with van der Waals surface area (Å²) in [5, 5.41) is 10.7.